The SMILES string of the molecule is CC(C)Nc1cc(-c2nc(NC3CCCC3)c3sccc3n2)ccn1. The van der Waals surface area contributed by atoms with Crippen molar-refractivity contribution in [2.45, 2.75) is 51.6 Å². The van der Waals surface area contributed by atoms with Gasteiger partial charge in [0, 0.05) is 23.8 Å². The molecule has 25 heavy (non-hydrogen) atoms. The number of fused-ring (bicyclic) bond motifs is 1. The number of thiophene rings is 1. The topological polar surface area (TPSA) is 62.7 Å². The Hall–Kier alpha value is -2.21. The van der Waals surface area contributed by atoms with E-state index in [1.54, 1.807) is 11.3 Å². The largest absolute Gasteiger partial charge is 0.368 e. The monoisotopic (exact) mass is 353 g/mol. The highest BCUT2D eigenvalue weighted by atomic mass is 32.1. The fourth-order valence-corrected chi connectivity index (χ4v) is 4.08. The summed E-state index contributed by atoms with van der Waals surface area (Å²) in [7, 11) is 0. The number of rotatable bonds is 5. The standard InChI is InChI=1S/C19H23N5S/c1-12(2)21-16-11-13(7-9-20-16)18-23-15-8-10-25-17(15)19(24-18)22-14-5-3-4-6-14/h7-12,14H,3-6H2,1-2H3,(H,20,21)(H,22,23,24). The first-order valence-corrected chi connectivity index (χ1v) is 9.82. The van der Waals surface area contributed by atoms with Crippen LogP contribution < -0.4 is 10.6 Å². The van der Waals surface area contributed by atoms with Crippen LogP contribution in [0.5, 0.6) is 0 Å². The maximum absolute atomic E-state index is 4.86. The zero-order valence-corrected chi connectivity index (χ0v) is 15.4. The van der Waals surface area contributed by atoms with E-state index < -0.39 is 0 Å². The van der Waals surface area contributed by atoms with Gasteiger partial charge in [-0.25, -0.2) is 15.0 Å². The second kappa shape index (κ2) is 6.96. The summed E-state index contributed by atoms with van der Waals surface area (Å²) in [6.45, 7) is 4.21. The predicted molar refractivity (Wildman–Crippen MR) is 105 cm³/mol. The van der Waals surface area contributed by atoms with Gasteiger partial charge < -0.3 is 10.6 Å². The van der Waals surface area contributed by atoms with E-state index in [1.165, 1.54) is 25.7 Å². The minimum absolute atomic E-state index is 0.336. The zero-order valence-electron chi connectivity index (χ0n) is 14.6. The fourth-order valence-electron chi connectivity index (χ4n) is 3.30. The van der Waals surface area contributed by atoms with Gasteiger partial charge in [-0.15, -0.1) is 11.3 Å². The molecule has 0 bridgehead atoms. The molecular formula is C19H23N5S. The fraction of sp³-hybridized carbons (Fsp3) is 0.421. The molecule has 3 aromatic heterocycles. The van der Waals surface area contributed by atoms with E-state index in [2.05, 4.69) is 40.9 Å². The van der Waals surface area contributed by atoms with E-state index in [0.717, 1.165) is 33.2 Å². The van der Waals surface area contributed by atoms with Gasteiger partial charge in [0.2, 0.25) is 0 Å². The molecule has 3 heterocycles. The van der Waals surface area contributed by atoms with Crippen molar-refractivity contribution in [3.8, 4) is 11.4 Å². The molecule has 4 rings (SSSR count). The van der Waals surface area contributed by atoms with Crippen LogP contribution >= 0.6 is 11.3 Å². The minimum atomic E-state index is 0.336. The molecule has 6 heteroatoms. The maximum Gasteiger partial charge on any atom is 0.162 e. The number of nitrogens with one attached hydrogen (secondary N) is 2. The van der Waals surface area contributed by atoms with Crippen molar-refractivity contribution in [1.82, 2.24) is 15.0 Å². The number of pyridine rings is 1. The van der Waals surface area contributed by atoms with Crippen molar-refractivity contribution in [2.24, 2.45) is 0 Å². The molecular weight excluding hydrogens is 330 g/mol. The van der Waals surface area contributed by atoms with Gasteiger partial charge >= 0.3 is 0 Å². The Morgan fingerprint density at radius 1 is 1.16 bits per heavy atom. The van der Waals surface area contributed by atoms with Crippen molar-refractivity contribution in [2.75, 3.05) is 10.6 Å². The number of nitrogens with zero attached hydrogens (tertiary/aromatic N) is 3. The third-order valence-corrected chi connectivity index (χ3v) is 5.36. The highest BCUT2D eigenvalue weighted by molar-refractivity contribution is 7.17. The number of hydrogen-bond donors (Lipinski definition) is 2. The van der Waals surface area contributed by atoms with Gasteiger partial charge in [0.05, 0.1) is 10.2 Å². The van der Waals surface area contributed by atoms with Gasteiger partial charge in [0.25, 0.3) is 0 Å². The van der Waals surface area contributed by atoms with Crippen LogP contribution in [0, 0.1) is 0 Å². The average Bonchev–Trinajstić information content (AvgIpc) is 3.25. The molecule has 1 fully saturated rings. The lowest BCUT2D eigenvalue weighted by Crippen LogP contribution is -2.16. The van der Waals surface area contributed by atoms with Crippen molar-refractivity contribution >= 4 is 33.2 Å². The van der Waals surface area contributed by atoms with Gasteiger partial charge in [-0.2, -0.15) is 0 Å². The lowest BCUT2D eigenvalue weighted by molar-refractivity contribution is 0.752. The number of hydrogen-bond acceptors (Lipinski definition) is 6. The van der Waals surface area contributed by atoms with Gasteiger partial charge in [-0.3, -0.25) is 0 Å². The van der Waals surface area contributed by atoms with Crippen molar-refractivity contribution < 1.29 is 0 Å². The molecule has 0 saturated heterocycles. The molecule has 2 N–H and O–H groups in total. The van der Waals surface area contributed by atoms with Crippen molar-refractivity contribution in [1.29, 1.82) is 0 Å². The third kappa shape index (κ3) is 3.58. The van der Waals surface area contributed by atoms with Crippen LogP contribution in [0.1, 0.15) is 39.5 Å². The first-order chi connectivity index (χ1) is 12.2. The molecule has 1 saturated carbocycles. The highest BCUT2D eigenvalue weighted by Gasteiger charge is 2.18. The molecule has 0 aromatic carbocycles. The van der Waals surface area contributed by atoms with E-state index in [9.17, 15) is 0 Å². The maximum atomic E-state index is 4.86. The van der Waals surface area contributed by atoms with Crippen LogP contribution in [0.25, 0.3) is 21.6 Å². The Labute approximate surface area is 151 Å². The Kier molecular flexibility index (Phi) is 4.53. The van der Waals surface area contributed by atoms with Crippen LogP contribution in [0.3, 0.4) is 0 Å². The van der Waals surface area contributed by atoms with Crippen LogP contribution in [0.15, 0.2) is 29.8 Å². The Balaban J connectivity index is 1.72. The van der Waals surface area contributed by atoms with Crippen molar-refractivity contribution in [3.63, 3.8) is 0 Å². The van der Waals surface area contributed by atoms with E-state index in [4.69, 9.17) is 9.97 Å². The zero-order chi connectivity index (χ0) is 17.2. The second-order valence-electron chi connectivity index (χ2n) is 6.89. The first-order valence-electron chi connectivity index (χ1n) is 8.94. The Bertz CT molecular complexity index is 867. The molecule has 3 aromatic rings. The lowest BCUT2D eigenvalue weighted by Gasteiger charge is -2.14. The molecule has 0 atom stereocenters. The van der Waals surface area contributed by atoms with Gasteiger partial charge in [-0.05, 0) is 50.3 Å². The number of anilines is 2. The van der Waals surface area contributed by atoms with E-state index >= 15 is 0 Å². The van der Waals surface area contributed by atoms with E-state index in [0.29, 0.717) is 12.1 Å². The predicted octanol–water partition coefficient (Wildman–Crippen LogP) is 4.93. The second-order valence-corrected chi connectivity index (χ2v) is 7.80. The van der Waals surface area contributed by atoms with Gasteiger partial charge in [-0.1, -0.05) is 12.8 Å². The molecule has 0 amide bonds. The summed E-state index contributed by atoms with van der Waals surface area (Å²) < 4.78 is 1.14. The quantitative estimate of drug-likeness (QED) is 0.681. The Morgan fingerprint density at radius 2 is 2.00 bits per heavy atom. The third-order valence-electron chi connectivity index (χ3n) is 4.45. The minimum Gasteiger partial charge on any atom is -0.368 e. The summed E-state index contributed by atoms with van der Waals surface area (Å²) in [5.41, 5.74) is 1.99. The first kappa shape index (κ1) is 16.3. The number of aromatic nitrogens is 3. The molecule has 1 aliphatic carbocycles. The van der Waals surface area contributed by atoms with E-state index in [1.807, 2.05) is 18.3 Å². The van der Waals surface area contributed by atoms with E-state index in [-0.39, 0.29) is 0 Å². The molecule has 0 unspecified atom stereocenters. The molecule has 5 nitrogen and oxygen atoms in total. The van der Waals surface area contributed by atoms with Crippen LogP contribution in [-0.4, -0.2) is 27.0 Å². The molecule has 0 radical (unpaired) electrons. The molecule has 130 valence electrons. The lowest BCUT2D eigenvalue weighted by atomic mass is 10.2. The summed E-state index contributed by atoms with van der Waals surface area (Å²) in [6, 6.07) is 6.93. The summed E-state index contributed by atoms with van der Waals surface area (Å²) >= 11 is 1.70. The summed E-state index contributed by atoms with van der Waals surface area (Å²) in [6.07, 6.45) is 6.87. The average molecular weight is 353 g/mol. The summed E-state index contributed by atoms with van der Waals surface area (Å²) in [4.78, 5) is 14.0. The smallest absolute Gasteiger partial charge is 0.162 e. The highest BCUT2D eigenvalue weighted by Crippen LogP contribution is 2.31. The molecule has 0 spiro atoms. The Morgan fingerprint density at radius 3 is 2.80 bits per heavy atom. The van der Waals surface area contributed by atoms with Crippen LogP contribution in [0.4, 0.5) is 11.6 Å². The van der Waals surface area contributed by atoms with Crippen LogP contribution in [-0.2, 0) is 0 Å². The molecule has 0 aliphatic heterocycles. The normalized spacial score (nSPS) is 15.2. The van der Waals surface area contributed by atoms with Gasteiger partial charge in [0.1, 0.15) is 11.6 Å². The van der Waals surface area contributed by atoms with Crippen molar-refractivity contribution in [3.05, 3.63) is 29.8 Å². The summed E-state index contributed by atoms with van der Waals surface area (Å²) in [5.74, 6) is 2.57. The van der Waals surface area contributed by atoms with Gasteiger partial charge in [0.15, 0.2) is 5.82 Å². The summed E-state index contributed by atoms with van der Waals surface area (Å²) in [5, 5.41) is 9.08. The molecule has 1 aliphatic rings. The van der Waals surface area contributed by atoms with Crippen LogP contribution in [0.2, 0.25) is 0 Å².